The van der Waals surface area contributed by atoms with Crippen molar-refractivity contribution in [2.45, 2.75) is 46.5 Å². The SMILES string of the molecule is CC/C=C(\CCC(C)C)C1=NCCC=C1. The lowest BCUT2D eigenvalue weighted by Gasteiger charge is -2.12. The van der Waals surface area contributed by atoms with Gasteiger partial charge in [-0.15, -0.1) is 0 Å². The standard InChI is InChI=1S/C14H23N/c1-4-7-13(10-9-12(2)3)14-8-5-6-11-15-14/h5,7-8,12H,4,6,9-11H2,1-3H3/b13-7+. The van der Waals surface area contributed by atoms with Crippen LogP contribution in [0.25, 0.3) is 0 Å². The topological polar surface area (TPSA) is 12.4 Å². The van der Waals surface area contributed by atoms with Crippen LogP contribution in [0.5, 0.6) is 0 Å². The van der Waals surface area contributed by atoms with Crippen LogP contribution < -0.4 is 0 Å². The summed E-state index contributed by atoms with van der Waals surface area (Å²) >= 11 is 0. The Morgan fingerprint density at radius 1 is 1.53 bits per heavy atom. The molecule has 1 nitrogen and oxygen atoms in total. The van der Waals surface area contributed by atoms with Crippen LogP contribution in [0.1, 0.15) is 46.5 Å². The zero-order valence-electron chi connectivity index (χ0n) is 10.3. The summed E-state index contributed by atoms with van der Waals surface area (Å²) in [7, 11) is 0. The van der Waals surface area contributed by atoms with Gasteiger partial charge in [0.15, 0.2) is 0 Å². The van der Waals surface area contributed by atoms with Gasteiger partial charge in [-0.05, 0) is 43.3 Å². The van der Waals surface area contributed by atoms with E-state index in [1.165, 1.54) is 24.1 Å². The van der Waals surface area contributed by atoms with E-state index in [1.54, 1.807) is 0 Å². The normalized spacial score (nSPS) is 17.1. The molecule has 0 bridgehead atoms. The fraction of sp³-hybridized carbons (Fsp3) is 0.643. The number of rotatable bonds is 5. The Kier molecular flexibility index (Phi) is 5.38. The van der Waals surface area contributed by atoms with Crippen molar-refractivity contribution >= 4 is 5.71 Å². The quantitative estimate of drug-likeness (QED) is 0.639. The average Bonchev–Trinajstić information content (AvgIpc) is 2.25. The third kappa shape index (κ3) is 4.46. The number of aliphatic imine (C=N–C) groups is 1. The molecule has 0 aromatic heterocycles. The highest BCUT2D eigenvalue weighted by molar-refractivity contribution is 6.08. The predicted molar refractivity (Wildman–Crippen MR) is 68.5 cm³/mol. The van der Waals surface area contributed by atoms with Crippen molar-refractivity contribution in [1.82, 2.24) is 0 Å². The molecular formula is C14H23N. The molecule has 0 aliphatic carbocycles. The number of hydrogen-bond acceptors (Lipinski definition) is 1. The van der Waals surface area contributed by atoms with Gasteiger partial charge in [0.05, 0.1) is 5.71 Å². The Bertz CT molecular complexity index is 269. The minimum absolute atomic E-state index is 0.776. The van der Waals surface area contributed by atoms with E-state index in [9.17, 15) is 0 Å². The molecule has 0 amide bonds. The van der Waals surface area contributed by atoms with E-state index in [0.717, 1.165) is 25.3 Å². The second-order valence-corrected chi connectivity index (χ2v) is 4.53. The fourth-order valence-electron chi connectivity index (χ4n) is 1.74. The smallest absolute Gasteiger partial charge is 0.0599 e. The maximum absolute atomic E-state index is 4.59. The van der Waals surface area contributed by atoms with E-state index in [1.807, 2.05) is 0 Å². The van der Waals surface area contributed by atoms with Crippen LogP contribution in [0, 0.1) is 5.92 Å². The minimum atomic E-state index is 0.776. The van der Waals surface area contributed by atoms with Crippen LogP contribution in [-0.2, 0) is 0 Å². The summed E-state index contributed by atoms with van der Waals surface area (Å²) in [4.78, 5) is 4.59. The molecule has 0 N–H and O–H groups in total. The van der Waals surface area contributed by atoms with E-state index in [4.69, 9.17) is 0 Å². The number of allylic oxidation sites excluding steroid dienone is 3. The van der Waals surface area contributed by atoms with E-state index in [-0.39, 0.29) is 0 Å². The first-order chi connectivity index (χ1) is 7.24. The lowest BCUT2D eigenvalue weighted by molar-refractivity contribution is 0.589. The summed E-state index contributed by atoms with van der Waals surface area (Å²) in [6.07, 6.45) is 11.4. The first-order valence-electron chi connectivity index (χ1n) is 6.14. The number of dihydropyridines is 1. The van der Waals surface area contributed by atoms with Crippen molar-refractivity contribution in [2.24, 2.45) is 10.9 Å². The van der Waals surface area contributed by atoms with Crippen LogP contribution in [-0.4, -0.2) is 12.3 Å². The second kappa shape index (κ2) is 6.60. The van der Waals surface area contributed by atoms with Crippen LogP contribution >= 0.6 is 0 Å². The Balaban J connectivity index is 2.61. The van der Waals surface area contributed by atoms with Crippen LogP contribution in [0.2, 0.25) is 0 Å². The molecule has 0 fully saturated rings. The average molecular weight is 205 g/mol. The van der Waals surface area contributed by atoms with E-state index in [0.29, 0.717) is 0 Å². The Morgan fingerprint density at radius 3 is 2.87 bits per heavy atom. The molecule has 0 radical (unpaired) electrons. The third-order valence-corrected chi connectivity index (χ3v) is 2.62. The van der Waals surface area contributed by atoms with Gasteiger partial charge >= 0.3 is 0 Å². The van der Waals surface area contributed by atoms with Gasteiger partial charge < -0.3 is 0 Å². The lowest BCUT2D eigenvalue weighted by Crippen LogP contribution is -2.05. The second-order valence-electron chi connectivity index (χ2n) is 4.53. The molecular weight excluding hydrogens is 182 g/mol. The summed E-state index contributed by atoms with van der Waals surface area (Å²) < 4.78 is 0. The van der Waals surface area contributed by atoms with Gasteiger partial charge in [0, 0.05) is 6.54 Å². The number of nitrogens with zero attached hydrogens (tertiary/aromatic N) is 1. The molecule has 0 saturated carbocycles. The molecule has 15 heavy (non-hydrogen) atoms. The van der Waals surface area contributed by atoms with Crippen molar-refractivity contribution in [2.75, 3.05) is 6.54 Å². The Labute approximate surface area is 94.0 Å². The van der Waals surface area contributed by atoms with Crippen molar-refractivity contribution in [3.8, 4) is 0 Å². The van der Waals surface area contributed by atoms with Gasteiger partial charge in [-0.2, -0.15) is 0 Å². The van der Waals surface area contributed by atoms with Gasteiger partial charge in [-0.3, -0.25) is 4.99 Å². The van der Waals surface area contributed by atoms with Gasteiger partial charge in [0.1, 0.15) is 0 Å². The van der Waals surface area contributed by atoms with Crippen LogP contribution in [0.15, 0.2) is 28.8 Å². The summed E-state index contributed by atoms with van der Waals surface area (Å²) in [5, 5.41) is 0. The van der Waals surface area contributed by atoms with Crippen molar-refractivity contribution < 1.29 is 0 Å². The molecule has 1 heterocycles. The highest BCUT2D eigenvalue weighted by Crippen LogP contribution is 2.16. The molecule has 0 aromatic rings. The first kappa shape index (κ1) is 12.2. The molecule has 0 spiro atoms. The van der Waals surface area contributed by atoms with E-state index in [2.05, 4.69) is 44.0 Å². The first-order valence-corrected chi connectivity index (χ1v) is 6.14. The maximum atomic E-state index is 4.59. The molecule has 0 atom stereocenters. The highest BCUT2D eigenvalue weighted by atomic mass is 14.7. The van der Waals surface area contributed by atoms with Crippen LogP contribution in [0.3, 0.4) is 0 Å². The number of hydrogen-bond donors (Lipinski definition) is 0. The minimum Gasteiger partial charge on any atom is -0.285 e. The largest absolute Gasteiger partial charge is 0.285 e. The highest BCUT2D eigenvalue weighted by Gasteiger charge is 2.06. The zero-order chi connectivity index (χ0) is 11.1. The molecule has 1 heteroatoms. The molecule has 84 valence electrons. The predicted octanol–water partition coefficient (Wildman–Crippen LogP) is 4.16. The molecule has 1 rings (SSSR count). The summed E-state index contributed by atoms with van der Waals surface area (Å²) in [6, 6.07) is 0. The van der Waals surface area contributed by atoms with E-state index >= 15 is 0 Å². The molecule has 0 aromatic carbocycles. The summed E-state index contributed by atoms with van der Waals surface area (Å²) in [5.41, 5.74) is 2.67. The van der Waals surface area contributed by atoms with Crippen molar-refractivity contribution in [1.29, 1.82) is 0 Å². The summed E-state index contributed by atoms with van der Waals surface area (Å²) in [6.45, 7) is 7.72. The molecule has 1 aliphatic rings. The van der Waals surface area contributed by atoms with Gasteiger partial charge in [0.25, 0.3) is 0 Å². The Hall–Kier alpha value is -0.850. The summed E-state index contributed by atoms with van der Waals surface area (Å²) in [5.74, 6) is 0.776. The molecule has 0 unspecified atom stereocenters. The van der Waals surface area contributed by atoms with Crippen LogP contribution in [0.4, 0.5) is 0 Å². The fourth-order valence-corrected chi connectivity index (χ4v) is 1.74. The van der Waals surface area contributed by atoms with E-state index < -0.39 is 0 Å². The monoisotopic (exact) mass is 205 g/mol. The Morgan fingerprint density at radius 2 is 2.33 bits per heavy atom. The van der Waals surface area contributed by atoms with Gasteiger partial charge in [-0.25, -0.2) is 0 Å². The van der Waals surface area contributed by atoms with Gasteiger partial charge in [-0.1, -0.05) is 32.9 Å². The third-order valence-electron chi connectivity index (χ3n) is 2.62. The zero-order valence-corrected chi connectivity index (χ0v) is 10.3. The van der Waals surface area contributed by atoms with Gasteiger partial charge in [0.2, 0.25) is 0 Å². The maximum Gasteiger partial charge on any atom is 0.0599 e. The van der Waals surface area contributed by atoms with Crippen molar-refractivity contribution in [3.63, 3.8) is 0 Å². The molecule has 0 saturated heterocycles. The van der Waals surface area contributed by atoms with Crippen molar-refractivity contribution in [3.05, 3.63) is 23.8 Å². The lowest BCUT2D eigenvalue weighted by atomic mass is 9.97. The molecule has 1 aliphatic heterocycles.